The summed E-state index contributed by atoms with van der Waals surface area (Å²) in [5, 5.41) is 13.3. The van der Waals surface area contributed by atoms with Crippen LogP contribution >= 0.6 is 11.9 Å². The molecule has 2 fully saturated rings. The largest absolute Gasteiger partial charge is 0.493 e. The number of carbonyl (C=O) groups is 2. The highest BCUT2D eigenvalue weighted by molar-refractivity contribution is 7.97. The average molecular weight is 420 g/mol. The van der Waals surface area contributed by atoms with Crippen LogP contribution in [0.25, 0.3) is 0 Å². The van der Waals surface area contributed by atoms with Crippen LogP contribution in [-0.4, -0.2) is 53.9 Å². The first-order valence-corrected chi connectivity index (χ1v) is 11.0. The number of hydrogen-bond acceptors (Lipinski definition) is 6. The fourth-order valence-corrected chi connectivity index (χ4v) is 3.67. The van der Waals surface area contributed by atoms with Gasteiger partial charge in [-0.15, -0.1) is 0 Å². The molecule has 1 aliphatic carbocycles. The zero-order valence-corrected chi connectivity index (χ0v) is 17.5. The van der Waals surface area contributed by atoms with Crippen LogP contribution in [0.4, 0.5) is 4.79 Å². The van der Waals surface area contributed by atoms with Gasteiger partial charge in [0, 0.05) is 18.8 Å². The number of amides is 3. The van der Waals surface area contributed by atoms with Gasteiger partial charge in [-0.2, -0.15) is 0 Å². The summed E-state index contributed by atoms with van der Waals surface area (Å²) in [5.41, 5.74) is -0.120. The lowest BCUT2D eigenvalue weighted by Crippen LogP contribution is -2.35. The number of imide groups is 1. The maximum atomic E-state index is 11.4. The van der Waals surface area contributed by atoms with Gasteiger partial charge in [0.25, 0.3) is 0 Å². The predicted octanol–water partition coefficient (Wildman–Crippen LogP) is 2.42. The molecule has 1 saturated carbocycles. The lowest BCUT2D eigenvalue weighted by atomic mass is 9.91. The van der Waals surface area contributed by atoms with Crippen molar-refractivity contribution in [1.29, 1.82) is 0 Å². The van der Waals surface area contributed by atoms with Crippen molar-refractivity contribution in [3.05, 3.63) is 42.0 Å². The van der Waals surface area contributed by atoms with E-state index < -0.39 is 5.60 Å². The molecule has 0 aromatic heterocycles. The third-order valence-corrected chi connectivity index (χ3v) is 5.85. The van der Waals surface area contributed by atoms with Gasteiger partial charge in [-0.3, -0.25) is 14.8 Å². The fraction of sp³-hybridized carbons (Fsp3) is 0.524. The Hall–Kier alpha value is -2.03. The number of hydrogen-bond donors (Lipinski definition) is 3. The van der Waals surface area contributed by atoms with Crippen LogP contribution in [0.1, 0.15) is 31.7 Å². The minimum atomic E-state index is -0.969. The first kappa shape index (κ1) is 21.7. The summed E-state index contributed by atoms with van der Waals surface area (Å²) in [7, 11) is 0. The topological polar surface area (TPSA) is 90.9 Å². The molecule has 1 aromatic carbocycles. The molecule has 7 nitrogen and oxygen atoms in total. The molecule has 0 spiro atoms. The second-order valence-electron chi connectivity index (χ2n) is 7.50. The van der Waals surface area contributed by atoms with Gasteiger partial charge < -0.3 is 14.7 Å². The van der Waals surface area contributed by atoms with E-state index in [4.69, 9.17) is 4.74 Å². The van der Waals surface area contributed by atoms with E-state index in [-0.39, 0.29) is 18.5 Å². The second kappa shape index (κ2) is 10.1. The molecule has 3 amide bonds. The number of rotatable bonds is 12. The summed E-state index contributed by atoms with van der Waals surface area (Å²) in [6.07, 6.45) is 6.88. The summed E-state index contributed by atoms with van der Waals surface area (Å²) < 4.78 is 9.06. The van der Waals surface area contributed by atoms with Crippen LogP contribution in [0.5, 0.6) is 5.75 Å². The number of carbonyl (C=O) groups excluding carboxylic acids is 2. The quantitative estimate of drug-likeness (QED) is 0.209. The Morgan fingerprint density at radius 2 is 2.21 bits per heavy atom. The summed E-state index contributed by atoms with van der Waals surface area (Å²) >= 11 is 1.49. The summed E-state index contributed by atoms with van der Waals surface area (Å²) in [6, 6.07) is 7.38. The minimum Gasteiger partial charge on any atom is -0.493 e. The van der Waals surface area contributed by atoms with Crippen molar-refractivity contribution in [2.45, 2.75) is 31.8 Å². The minimum absolute atomic E-state index is 0.113. The van der Waals surface area contributed by atoms with Gasteiger partial charge in [0.05, 0.1) is 6.61 Å². The molecule has 3 N–H and O–H groups in total. The maximum absolute atomic E-state index is 11.4. The highest BCUT2D eigenvalue weighted by Gasteiger charge is 2.28. The van der Waals surface area contributed by atoms with Crippen molar-refractivity contribution in [3.63, 3.8) is 0 Å². The molecule has 1 heterocycles. The summed E-state index contributed by atoms with van der Waals surface area (Å²) in [4.78, 5) is 24.0. The van der Waals surface area contributed by atoms with E-state index in [9.17, 15) is 14.7 Å². The van der Waals surface area contributed by atoms with Crippen LogP contribution in [0.15, 0.2) is 36.4 Å². The van der Waals surface area contributed by atoms with Crippen molar-refractivity contribution in [3.8, 4) is 5.75 Å². The molecule has 158 valence electrons. The number of nitrogens with one attached hydrogen (secondary N) is 2. The van der Waals surface area contributed by atoms with Gasteiger partial charge in [0.2, 0.25) is 5.91 Å². The van der Waals surface area contributed by atoms with E-state index in [0.717, 1.165) is 17.9 Å². The number of ether oxygens (including phenoxy) is 1. The third kappa shape index (κ3) is 6.48. The normalized spacial score (nSPS) is 18.9. The molecule has 1 aliphatic heterocycles. The van der Waals surface area contributed by atoms with Gasteiger partial charge in [-0.1, -0.05) is 43.2 Å². The van der Waals surface area contributed by atoms with Crippen molar-refractivity contribution < 1.29 is 19.4 Å². The molecule has 2 aliphatic rings. The van der Waals surface area contributed by atoms with E-state index >= 15 is 0 Å². The van der Waals surface area contributed by atoms with E-state index in [1.54, 1.807) is 0 Å². The summed E-state index contributed by atoms with van der Waals surface area (Å²) in [5.74, 6) is 1.92. The van der Waals surface area contributed by atoms with Crippen LogP contribution in [-0.2, 0) is 10.4 Å². The average Bonchev–Trinajstić information content (AvgIpc) is 3.49. The van der Waals surface area contributed by atoms with Gasteiger partial charge in [-0.25, -0.2) is 4.79 Å². The molecule has 1 unspecified atom stereocenters. The predicted molar refractivity (Wildman–Crippen MR) is 114 cm³/mol. The lowest BCUT2D eigenvalue weighted by Gasteiger charge is -2.28. The van der Waals surface area contributed by atoms with Crippen LogP contribution in [0.3, 0.4) is 0 Å². The van der Waals surface area contributed by atoms with E-state index in [0.29, 0.717) is 31.2 Å². The number of aliphatic hydroxyl groups is 1. The van der Waals surface area contributed by atoms with Crippen molar-refractivity contribution >= 4 is 23.9 Å². The number of benzene rings is 1. The molecule has 8 heteroatoms. The molecule has 3 rings (SSSR count). The molecular weight excluding hydrogens is 390 g/mol. The van der Waals surface area contributed by atoms with Gasteiger partial charge in [0.15, 0.2) is 0 Å². The SMILES string of the molecule is CCC(O)(CNSC/C=C/CN1CC(=O)NC1=O)c1cccc(OCC2CC2)c1. The zero-order chi connectivity index (χ0) is 20.7. The smallest absolute Gasteiger partial charge is 0.324 e. The standard InChI is InChI=1S/C21H29N3O4S/c1-2-21(27,17-6-5-7-18(12-17)28-14-16-8-9-16)15-22-29-11-4-3-10-24-13-19(25)23-20(24)26/h3-7,12,16,22,27H,2,8-11,13-15H2,1H3,(H,23,25,26)/b4-3+. The lowest BCUT2D eigenvalue weighted by molar-refractivity contribution is -0.118. The Bertz CT molecular complexity index is 753. The van der Waals surface area contributed by atoms with Crippen LogP contribution < -0.4 is 14.8 Å². The Labute approximate surface area is 176 Å². The van der Waals surface area contributed by atoms with Crippen molar-refractivity contribution in [2.75, 3.05) is 32.0 Å². The van der Waals surface area contributed by atoms with Gasteiger partial charge in [0.1, 0.15) is 17.9 Å². The van der Waals surface area contributed by atoms with E-state index in [2.05, 4.69) is 10.0 Å². The Kier molecular flexibility index (Phi) is 7.57. The summed E-state index contributed by atoms with van der Waals surface area (Å²) in [6.45, 7) is 3.65. The number of nitrogens with zero attached hydrogens (tertiary/aromatic N) is 1. The van der Waals surface area contributed by atoms with Crippen molar-refractivity contribution in [1.82, 2.24) is 14.9 Å². The van der Waals surface area contributed by atoms with E-state index in [1.807, 2.05) is 43.3 Å². The molecule has 29 heavy (non-hydrogen) atoms. The maximum Gasteiger partial charge on any atom is 0.324 e. The molecule has 0 bridgehead atoms. The Morgan fingerprint density at radius 1 is 1.38 bits per heavy atom. The van der Waals surface area contributed by atoms with E-state index in [1.165, 1.54) is 29.7 Å². The molecule has 1 atom stereocenters. The first-order chi connectivity index (χ1) is 14.0. The molecular formula is C21H29N3O4S. The van der Waals surface area contributed by atoms with Crippen LogP contribution in [0.2, 0.25) is 0 Å². The highest BCUT2D eigenvalue weighted by atomic mass is 32.2. The Morgan fingerprint density at radius 3 is 2.90 bits per heavy atom. The van der Waals surface area contributed by atoms with Crippen LogP contribution in [0, 0.1) is 5.92 Å². The fourth-order valence-electron chi connectivity index (χ4n) is 2.98. The molecule has 1 saturated heterocycles. The third-order valence-electron chi connectivity index (χ3n) is 5.15. The second-order valence-corrected chi connectivity index (χ2v) is 8.42. The first-order valence-electron chi connectivity index (χ1n) is 10.0. The van der Waals surface area contributed by atoms with Gasteiger partial charge in [-0.05, 0) is 42.9 Å². The molecule has 0 radical (unpaired) electrons. The van der Waals surface area contributed by atoms with Crippen molar-refractivity contribution in [2.24, 2.45) is 5.92 Å². The number of urea groups is 1. The molecule has 1 aromatic rings. The van der Waals surface area contributed by atoms with Gasteiger partial charge >= 0.3 is 6.03 Å². The monoisotopic (exact) mass is 419 g/mol. The zero-order valence-electron chi connectivity index (χ0n) is 16.7. The Balaban J connectivity index is 1.40. The highest BCUT2D eigenvalue weighted by Crippen LogP contribution is 2.31.